The summed E-state index contributed by atoms with van der Waals surface area (Å²) in [5.41, 5.74) is 1.51. The molecule has 106 valence electrons. The van der Waals surface area contributed by atoms with Crippen LogP contribution in [-0.2, 0) is 0 Å². The first-order valence-electron chi connectivity index (χ1n) is 6.30. The molecule has 0 N–H and O–H groups in total. The number of carbonyl (C=O) groups is 1. The van der Waals surface area contributed by atoms with Crippen LogP contribution in [0.3, 0.4) is 0 Å². The highest BCUT2D eigenvalue weighted by Crippen LogP contribution is 2.21. The molecular formula is C15H12N2O4. The number of esters is 1. The minimum Gasteiger partial charge on any atom is -0.457 e. The van der Waals surface area contributed by atoms with E-state index in [9.17, 15) is 4.79 Å². The molecule has 3 rings (SSSR count). The highest BCUT2D eigenvalue weighted by atomic mass is 16.5. The molecule has 0 spiro atoms. The molecule has 0 bridgehead atoms. The van der Waals surface area contributed by atoms with Gasteiger partial charge in [0.1, 0.15) is 5.75 Å². The van der Waals surface area contributed by atoms with Gasteiger partial charge in [-0.3, -0.25) is 0 Å². The van der Waals surface area contributed by atoms with Gasteiger partial charge in [-0.2, -0.15) is 4.98 Å². The molecule has 0 saturated carbocycles. The van der Waals surface area contributed by atoms with E-state index < -0.39 is 5.97 Å². The van der Waals surface area contributed by atoms with Crippen LogP contribution >= 0.6 is 0 Å². The first-order valence-corrected chi connectivity index (χ1v) is 6.30. The van der Waals surface area contributed by atoms with E-state index in [-0.39, 0.29) is 5.76 Å². The smallest absolute Gasteiger partial charge is 0.379 e. The molecule has 21 heavy (non-hydrogen) atoms. The summed E-state index contributed by atoms with van der Waals surface area (Å²) in [5.74, 6) is 1.08. The molecule has 0 saturated heterocycles. The van der Waals surface area contributed by atoms with Crippen molar-refractivity contribution in [2.45, 2.75) is 13.8 Å². The standard InChI is InChI=1S/C15H12N2O4/c1-9-7-8-19-13(9)15(18)20-12-5-3-11(4-6-12)14-16-10(2)21-17-14/h3-8H,1-2H3. The first-order chi connectivity index (χ1) is 10.1. The van der Waals surface area contributed by atoms with Crippen molar-refractivity contribution >= 4 is 5.97 Å². The maximum absolute atomic E-state index is 11.9. The summed E-state index contributed by atoms with van der Waals surface area (Å²) < 4.78 is 15.2. The average Bonchev–Trinajstić information content (AvgIpc) is 3.08. The molecule has 3 aromatic rings. The summed E-state index contributed by atoms with van der Waals surface area (Å²) in [4.78, 5) is 16.0. The van der Waals surface area contributed by atoms with Crippen molar-refractivity contribution in [2.75, 3.05) is 0 Å². The molecule has 0 unspecified atom stereocenters. The second kappa shape index (κ2) is 5.24. The summed E-state index contributed by atoms with van der Waals surface area (Å²) >= 11 is 0. The van der Waals surface area contributed by atoms with Crippen LogP contribution in [0.1, 0.15) is 22.0 Å². The van der Waals surface area contributed by atoms with E-state index in [1.54, 1.807) is 44.2 Å². The third-order valence-electron chi connectivity index (χ3n) is 2.90. The van der Waals surface area contributed by atoms with E-state index in [1.807, 2.05) is 0 Å². The fraction of sp³-hybridized carbons (Fsp3) is 0.133. The average molecular weight is 284 g/mol. The van der Waals surface area contributed by atoms with Gasteiger partial charge in [0, 0.05) is 18.1 Å². The zero-order valence-electron chi connectivity index (χ0n) is 11.5. The van der Waals surface area contributed by atoms with E-state index in [4.69, 9.17) is 13.7 Å². The van der Waals surface area contributed by atoms with Gasteiger partial charge in [0.15, 0.2) is 0 Å². The van der Waals surface area contributed by atoms with Gasteiger partial charge in [-0.1, -0.05) is 5.16 Å². The minimum absolute atomic E-state index is 0.202. The number of aromatic nitrogens is 2. The molecular weight excluding hydrogens is 272 g/mol. The number of nitrogens with zero attached hydrogens (tertiary/aromatic N) is 2. The lowest BCUT2D eigenvalue weighted by Crippen LogP contribution is -2.08. The zero-order valence-corrected chi connectivity index (χ0v) is 11.5. The number of ether oxygens (including phenoxy) is 1. The summed E-state index contributed by atoms with van der Waals surface area (Å²) in [6, 6.07) is 8.54. The van der Waals surface area contributed by atoms with Crippen LogP contribution in [-0.4, -0.2) is 16.1 Å². The Morgan fingerprint density at radius 2 is 1.90 bits per heavy atom. The number of hydrogen-bond acceptors (Lipinski definition) is 6. The molecule has 6 heteroatoms. The molecule has 0 radical (unpaired) electrons. The Kier molecular flexibility index (Phi) is 3.27. The normalized spacial score (nSPS) is 10.6. The van der Waals surface area contributed by atoms with Crippen molar-refractivity contribution in [1.29, 1.82) is 0 Å². The molecule has 2 heterocycles. The summed E-state index contributed by atoms with van der Waals surface area (Å²) in [6.45, 7) is 3.50. The number of hydrogen-bond donors (Lipinski definition) is 0. The number of benzene rings is 1. The van der Waals surface area contributed by atoms with Gasteiger partial charge in [0.2, 0.25) is 17.5 Å². The molecule has 6 nitrogen and oxygen atoms in total. The Labute approximate surface area is 120 Å². The van der Waals surface area contributed by atoms with E-state index in [0.717, 1.165) is 11.1 Å². The third-order valence-corrected chi connectivity index (χ3v) is 2.90. The summed E-state index contributed by atoms with van der Waals surface area (Å²) in [6.07, 6.45) is 1.45. The lowest BCUT2D eigenvalue weighted by Gasteiger charge is -2.03. The number of furan rings is 1. The number of carbonyl (C=O) groups excluding carboxylic acids is 1. The zero-order chi connectivity index (χ0) is 14.8. The van der Waals surface area contributed by atoms with Gasteiger partial charge < -0.3 is 13.7 Å². The Hall–Kier alpha value is -2.89. The lowest BCUT2D eigenvalue weighted by atomic mass is 10.2. The third kappa shape index (κ3) is 2.69. The highest BCUT2D eigenvalue weighted by molar-refractivity contribution is 5.89. The van der Waals surface area contributed by atoms with Gasteiger partial charge in [-0.25, -0.2) is 4.79 Å². The van der Waals surface area contributed by atoms with Crippen molar-refractivity contribution in [3.63, 3.8) is 0 Å². The molecule has 0 amide bonds. The van der Waals surface area contributed by atoms with Crippen LogP contribution in [0.2, 0.25) is 0 Å². The van der Waals surface area contributed by atoms with Crippen LogP contribution < -0.4 is 4.74 Å². The van der Waals surface area contributed by atoms with Crippen LogP contribution in [0.5, 0.6) is 5.75 Å². The predicted molar refractivity (Wildman–Crippen MR) is 72.9 cm³/mol. The summed E-state index contributed by atoms with van der Waals surface area (Å²) in [5, 5.41) is 3.82. The van der Waals surface area contributed by atoms with E-state index in [2.05, 4.69) is 10.1 Å². The maximum atomic E-state index is 11.9. The summed E-state index contributed by atoms with van der Waals surface area (Å²) in [7, 11) is 0. The fourth-order valence-corrected chi connectivity index (χ4v) is 1.82. The van der Waals surface area contributed by atoms with Crippen molar-refractivity contribution in [3.05, 3.63) is 53.8 Å². The largest absolute Gasteiger partial charge is 0.457 e. The van der Waals surface area contributed by atoms with Gasteiger partial charge in [0.05, 0.1) is 6.26 Å². The topological polar surface area (TPSA) is 78.4 Å². The molecule has 0 atom stereocenters. The fourth-order valence-electron chi connectivity index (χ4n) is 1.82. The monoisotopic (exact) mass is 284 g/mol. The second-order valence-electron chi connectivity index (χ2n) is 4.48. The number of aryl methyl sites for hydroxylation is 2. The van der Waals surface area contributed by atoms with E-state index in [0.29, 0.717) is 17.5 Å². The molecule has 0 aliphatic rings. The molecule has 0 aliphatic heterocycles. The first kappa shape index (κ1) is 13.1. The molecule has 0 aliphatic carbocycles. The maximum Gasteiger partial charge on any atom is 0.379 e. The van der Waals surface area contributed by atoms with Gasteiger partial charge in [-0.15, -0.1) is 0 Å². The predicted octanol–water partition coefficient (Wildman–Crippen LogP) is 3.17. The van der Waals surface area contributed by atoms with Crippen LogP contribution in [0, 0.1) is 13.8 Å². The Balaban J connectivity index is 1.76. The van der Waals surface area contributed by atoms with Gasteiger partial charge >= 0.3 is 5.97 Å². The quantitative estimate of drug-likeness (QED) is 0.543. The lowest BCUT2D eigenvalue weighted by molar-refractivity contribution is 0.0700. The van der Waals surface area contributed by atoms with Crippen molar-refractivity contribution < 1.29 is 18.5 Å². The van der Waals surface area contributed by atoms with Crippen molar-refractivity contribution in [1.82, 2.24) is 10.1 Å². The Morgan fingerprint density at radius 1 is 1.14 bits per heavy atom. The van der Waals surface area contributed by atoms with Crippen LogP contribution in [0.15, 0.2) is 45.5 Å². The van der Waals surface area contributed by atoms with Crippen molar-refractivity contribution in [3.8, 4) is 17.1 Å². The minimum atomic E-state index is -0.527. The SMILES string of the molecule is Cc1nc(-c2ccc(OC(=O)c3occc3C)cc2)no1. The Morgan fingerprint density at radius 3 is 2.48 bits per heavy atom. The Bertz CT molecular complexity index is 771. The number of rotatable bonds is 3. The molecule has 2 aromatic heterocycles. The second-order valence-corrected chi connectivity index (χ2v) is 4.48. The van der Waals surface area contributed by atoms with Gasteiger partial charge in [0.25, 0.3) is 0 Å². The van der Waals surface area contributed by atoms with Gasteiger partial charge in [-0.05, 0) is 37.3 Å². The molecule has 0 fully saturated rings. The van der Waals surface area contributed by atoms with Crippen LogP contribution in [0.25, 0.3) is 11.4 Å². The van der Waals surface area contributed by atoms with Crippen LogP contribution in [0.4, 0.5) is 0 Å². The van der Waals surface area contributed by atoms with E-state index in [1.165, 1.54) is 6.26 Å². The van der Waals surface area contributed by atoms with E-state index >= 15 is 0 Å². The van der Waals surface area contributed by atoms with Crippen molar-refractivity contribution in [2.24, 2.45) is 0 Å². The molecule has 1 aromatic carbocycles. The highest BCUT2D eigenvalue weighted by Gasteiger charge is 2.15.